The minimum Gasteiger partial charge on any atom is -0.497 e. The first-order valence-electron chi connectivity index (χ1n) is 11.1. The summed E-state index contributed by atoms with van der Waals surface area (Å²) >= 11 is 0. The smallest absolute Gasteiger partial charge is 0.313 e. The number of nitrogens with zero attached hydrogens (tertiary/aromatic N) is 1. The van der Waals surface area contributed by atoms with Crippen LogP contribution in [0, 0.1) is 13.8 Å². The number of hydrogen-bond acceptors (Lipinski definition) is 5. The molecule has 2 N–H and O–H groups in total. The van der Waals surface area contributed by atoms with Crippen molar-refractivity contribution in [1.82, 2.24) is 9.62 Å². The Bertz CT molecular complexity index is 1100. The summed E-state index contributed by atoms with van der Waals surface area (Å²) in [6, 6.07) is 11.6. The van der Waals surface area contributed by atoms with Crippen molar-refractivity contribution in [3.63, 3.8) is 0 Å². The van der Waals surface area contributed by atoms with Crippen LogP contribution in [0.5, 0.6) is 5.75 Å². The van der Waals surface area contributed by atoms with Crippen LogP contribution in [0.25, 0.3) is 0 Å². The Morgan fingerprint density at radius 3 is 2.48 bits per heavy atom. The van der Waals surface area contributed by atoms with Gasteiger partial charge >= 0.3 is 11.8 Å². The molecule has 8 nitrogen and oxygen atoms in total. The monoisotopic (exact) mass is 473 g/mol. The van der Waals surface area contributed by atoms with Crippen molar-refractivity contribution in [1.29, 1.82) is 0 Å². The minimum absolute atomic E-state index is 0.207. The van der Waals surface area contributed by atoms with Crippen LogP contribution in [0.1, 0.15) is 36.8 Å². The number of ether oxygens (including phenoxy) is 1. The van der Waals surface area contributed by atoms with Crippen LogP contribution in [0.4, 0.5) is 5.69 Å². The number of piperidine rings is 1. The molecule has 178 valence electrons. The number of rotatable bonds is 7. The van der Waals surface area contributed by atoms with Crippen molar-refractivity contribution in [3.05, 3.63) is 53.6 Å². The van der Waals surface area contributed by atoms with Crippen molar-refractivity contribution in [2.75, 3.05) is 25.5 Å². The third-order valence-corrected chi connectivity index (χ3v) is 8.03. The van der Waals surface area contributed by atoms with Gasteiger partial charge in [-0.05, 0) is 74.6 Å². The third kappa shape index (κ3) is 5.91. The third-order valence-electron chi connectivity index (χ3n) is 6.06. The van der Waals surface area contributed by atoms with E-state index in [4.69, 9.17) is 4.74 Å². The summed E-state index contributed by atoms with van der Waals surface area (Å²) in [5.41, 5.74) is 2.52. The van der Waals surface area contributed by atoms with Crippen molar-refractivity contribution >= 4 is 27.5 Å². The fourth-order valence-corrected chi connectivity index (χ4v) is 5.68. The molecule has 0 radical (unpaired) electrons. The lowest BCUT2D eigenvalue weighted by atomic mass is 10.0. The quantitative estimate of drug-likeness (QED) is 0.602. The van der Waals surface area contributed by atoms with Gasteiger partial charge in [0.25, 0.3) is 0 Å². The summed E-state index contributed by atoms with van der Waals surface area (Å²) in [5, 5.41) is 5.26. The van der Waals surface area contributed by atoms with E-state index in [2.05, 4.69) is 10.6 Å². The molecule has 2 amide bonds. The van der Waals surface area contributed by atoms with E-state index in [-0.39, 0.29) is 17.5 Å². The highest BCUT2D eigenvalue weighted by Gasteiger charge is 2.33. The molecule has 33 heavy (non-hydrogen) atoms. The second-order valence-corrected chi connectivity index (χ2v) is 10.1. The van der Waals surface area contributed by atoms with Crippen LogP contribution in [0.15, 0.2) is 47.4 Å². The van der Waals surface area contributed by atoms with Crippen molar-refractivity contribution in [2.24, 2.45) is 0 Å². The molecule has 0 spiro atoms. The summed E-state index contributed by atoms with van der Waals surface area (Å²) in [5.74, 6) is -0.891. The number of carbonyl (C=O) groups is 2. The Kier molecular flexibility index (Phi) is 8.10. The molecule has 2 aromatic rings. The van der Waals surface area contributed by atoms with Crippen LogP contribution in [0.2, 0.25) is 0 Å². The second-order valence-electron chi connectivity index (χ2n) is 8.19. The highest BCUT2D eigenvalue weighted by Crippen LogP contribution is 2.28. The number of anilines is 1. The number of benzene rings is 2. The van der Waals surface area contributed by atoms with Gasteiger partial charge in [-0.1, -0.05) is 18.6 Å². The Balaban J connectivity index is 1.59. The maximum atomic E-state index is 13.2. The second kappa shape index (κ2) is 10.8. The predicted molar refractivity (Wildman–Crippen MR) is 127 cm³/mol. The molecule has 0 aromatic heterocycles. The van der Waals surface area contributed by atoms with E-state index in [1.54, 1.807) is 30.3 Å². The number of methoxy groups -OCH3 is 1. The van der Waals surface area contributed by atoms with Gasteiger partial charge in [-0.15, -0.1) is 0 Å². The van der Waals surface area contributed by atoms with Crippen LogP contribution < -0.4 is 15.4 Å². The Labute approximate surface area is 195 Å². The molecule has 1 fully saturated rings. The largest absolute Gasteiger partial charge is 0.497 e. The van der Waals surface area contributed by atoms with Gasteiger partial charge in [0.05, 0.1) is 12.0 Å². The molecule has 9 heteroatoms. The van der Waals surface area contributed by atoms with E-state index >= 15 is 0 Å². The Hall–Kier alpha value is -2.91. The first-order valence-corrected chi connectivity index (χ1v) is 12.5. The fraction of sp³-hybridized carbons (Fsp3) is 0.417. The minimum atomic E-state index is -3.67. The predicted octanol–water partition coefficient (Wildman–Crippen LogP) is 3.00. The van der Waals surface area contributed by atoms with Gasteiger partial charge in [0.1, 0.15) is 5.75 Å². The number of amides is 2. The van der Waals surface area contributed by atoms with Gasteiger partial charge in [0.15, 0.2) is 0 Å². The molecule has 0 aliphatic carbocycles. The number of hydrogen-bond donors (Lipinski definition) is 2. The normalized spacial score (nSPS) is 16.8. The molecule has 0 saturated carbocycles. The molecule has 2 aromatic carbocycles. The lowest BCUT2D eigenvalue weighted by Gasteiger charge is -2.34. The van der Waals surface area contributed by atoms with E-state index in [1.807, 2.05) is 26.0 Å². The van der Waals surface area contributed by atoms with Crippen molar-refractivity contribution in [2.45, 2.75) is 50.5 Å². The SMILES string of the molecule is COc1ccc(S(=O)(=O)N2CCCC[C@@H]2CCNC(=O)C(=O)Nc2cccc(C)c2C)cc1. The first-order chi connectivity index (χ1) is 15.7. The highest BCUT2D eigenvalue weighted by molar-refractivity contribution is 7.89. The first kappa shape index (κ1) is 24.7. The molecular weight excluding hydrogens is 442 g/mol. The molecule has 0 unspecified atom stereocenters. The topological polar surface area (TPSA) is 105 Å². The maximum Gasteiger partial charge on any atom is 0.313 e. The average Bonchev–Trinajstić information content (AvgIpc) is 2.82. The zero-order chi connectivity index (χ0) is 24.0. The van der Waals surface area contributed by atoms with E-state index in [9.17, 15) is 18.0 Å². The molecule has 3 rings (SSSR count). The fourth-order valence-electron chi connectivity index (χ4n) is 3.96. The van der Waals surface area contributed by atoms with E-state index < -0.39 is 21.8 Å². The number of sulfonamides is 1. The molecule has 1 aliphatic rings. The molecule has 0 bridgehead atoms. The van der Waals surface area contributed by atoms with Crippen LogP contribution >= 0.6 is 0 Å². The zero-order valence-corrected chi connectivity index (χ0v) is 20.1. The summed E-state index contributed by atoms with van der Waals surface area (Å²) in [6.45, 7) is 4.45. The van der Waals surface area contributed by atoms with Gasteiger partial charge in [-0.3, -0.25) is 9.59 Å². The molecule has 1 atom stereocenters. The van der Waals surface area contributed by atoms with Crippen LogP contribution in [-0.4, -0.2) is 50.8 Å². The summed E-state index contributed by atoms with van der Waals surface area (Å²) in [4.78, 5) is 24.8. The average molecular weight is 474 g/mol. The zero-order valence-electron chi connectivity index (χ0n) is 19.3. The Morgan fingerprint density at radius 2 is 1.79 bits per heavy atom. The van der Waals surface area contributed by atoms with Gasteiger partial charge in [-0.25, -0.2) is 8.42 Å². The summed E-state index contributed by atoms with van der Waals surface area (Å²) in [6.07, 6.45) is 2.84. The van der Waals surface area contributed by atoms with Crippen molar-refractivity contribution in [3.8, 4) is 5.75 Å². The van der Waals surface area contributed by atoms with Crippen molar-refractivity contribution < 1.29 is 22.7 Å². The van der Waals surface area contributed by atoms with E-state index in [0.717, 1.165) is 24.0 Å². The number of nitrogens with one attached hydrogen (secondary N) is 2. The maximum absolute atomic E-state index is 13.2. The van der Waals surface area contributed by atoms with Crippen LogP contribution in [-0.2, 0) is 19.6 Å². The molecule has 1 heterocycles. The van der Waals surface area contributed by atoms with E-state index in [1.165, 1.54) is 11.4 Å². The van der Waals surface area contributed by atoms with E-state index in [0.29, 0.717) is 30.8 Å². The van der Waals surface area contributed by atoms with Crippen LogP contribution in [0.3, 0.4) is 0 Å². The summed E-state index contributed by atoms with van der Waals surface area (Å²) in [7, 11) is -2.14. The van der Waals surface area contributed by atoms with Gasteiger partial charge in [-0.2, -0.15) is 4.31 Å². The standard InChI is InChI=1S/C24H31N3O5S/c1-17-7-6-9-22(18(17)2)26-24(29)23(28)25-15-14-19-8-4-5-16-27(19)33(30,31)21-12-10-20(32-3)11-13-21/h6-7,9-13,19H,4-5,8,14-16H2,1-3H3,(H,25,28)(H,26,29)/t19-/m1/s1. The number of carbonyl (C=O) groups excluding carboxylic acids is 2. The summed E-state index contributed by atoms with van der Waals surface area (Å²) < 4.78 is 33.0. The molecular formula is C24H31N3O5S. The molecule has 1 aliphatic heterocycles. The highest BCUT2D eigenvalue weighted by atomic mass is 32.2. The Morgan fingerprint density at radius 1 is 1.06 bits per heavy atom. The van der Waals surface area contributed by atoms with Gasteiger partial charge in [0, 0.05) is 24.8 Å². The van der Waals surface area contributed by atoms with Gasteiger partial charge < -0.3 is 15.4 Å². The lowest BCUT2D eigenvalue weighted by molar-refractivity contribution is -0.136. The lowest BCUT2D eigenvalue weighted by Crippen LogP contribution is -2.45. The molecule has 1 saturated heterocycles. The number of aryl methyl sites for hydroxylation is 1. The van der Waals surface area contributed by atoms with Gasteiger partial charge in [0.2, 0.25) is 10.0 Å².